The fourth-order valence-electron chi connectivity index (χ4n) is 3.83. The van der Waals surface area contributed by atoms with Crippen molar-refractivity contribution < 1.29 is 19.1 Å². The van der Waals surface area contributed by atoms with Gasteiger partial charge >= 0.3 is 12.0 Å². The Morgan fingerprint density at radius 2 is 1.78 bits per heavy atom. The number of allylic oxidation sites excluding steroid dienone is 1. The molecule has 2 aromatic carbocycles. The highest BCUT2D eigenvalue weighted by Crippen LogP contribution is 2.37. The standard InChI is InChI=1S/C25H23N3O4/c1-2-26-25(31)28-21(29)15-32-24(30)22-18-10-6-7-11-20(18)27-23-17(12-13-19(22)23)14-16-8-4-3-5-9-16/h3-11,14H,2,12-13,15H2,1H3,(H2,26,28,29,31)/b17-14+. The van der Waals surface area contributed by atoms with Gasteiger partial charge in [-0.3, -0.25) is 10.1 Å². The number of pyridine rings is 1. The van der Waals surface area contributed by atoms with Crippen molar-refractivity contribution in [2.24, 2.45) is 0 Å². The molecule has 0 saturated carbocycles. The Kier molecular flexibility index (Phi) is 6.26. The minimum Gasteiger partial charge on any atom is -0.452 e. The maximum absolute atomic E-state index is 13.0. The molecule has 3 amide bonds. The summed E-state index contributed by atoms with van der Waals surface area (Å²) in [7, 11) is 0. The van der Waals surface area contributed by atoms with Gasteiger partial charge in [-0.1, -0.05) is 48.5 Å². The van der Waals surface area contributed by atoms with Gasteiger partial charge in [0.15, 0.2) is 6.61 Å². The van der Waals surface area contributed by atoms with Crippen molar-refractivity contribution in [2.75, 3.05) is 13.2 Å². The van der Waals surface area contributed by atoms with Crippen LogP contribution in [-0.4, -0.2) is 36.0 Å². The van der Waals surface area contributed by atoms with E-state index in [-0.39, 0.29) is 0 Å². The average Bonchev–Trinajstić information content (AvgIpc) is 3.18. The van der Waals surface area contributed by atoms with Crippen molar-refractivity contribution in [1.82, 2.24) is 15.6 Å². The van der Waals surface area contributed by atoms with E-state index in [1.165, 1.54) is 0 Å². The van der Waals surface area contributed by atoms with Gasteiger partial charge in [0, 0.05) is 11.9 Å². The quantitative estimate of drug-likeness (QED) is 0.603. The summed E-state index contributed by atoms with van der Waals surface area (Å²) in [6, 6.07) is 16.7. The fraction of sp³-hybridized carbons (Fsp3) is 0.200. The molecular weight excluding hydrogens is 406 g/mol. The van der Waals surface area contributed by atoms with Gasteiger partial charge in [-0.25, -0.2) is 14.6 Å². The third kappa shape index (κ3) is 4.51. The topological polar surface area (TPSA) is 97.4 Å². The minimum atomic E-state index is -0.691. The van der Waals surface area contributed by atoms with Crippen molar-refractivity contribution in [2.45, 2.75) is 19.8 Å². The molecule has 7 nitrogen and oxygen atoms in total. The molecule has 1 heterocycles. The van der Waals surface area contributed by atoms with Gasteiger partial charge in [0.25, 0.3) is 5.91 Å². The third-order valence-electron chi connectivity index (χ3n) is 5.21. The SMILES string of the molecule is CCNC(=O)NC(=O)COC(=O)c1c2c(nc3ccccc13)/C(=C/c1ccccc1)CC2. The Labute approximate surface area is 185 Å². The first-order valence-corrected chi connectivity index (χ1v) is 10.5. The van der Waals surface area contributed by atoms with Crippen LogP contribution in [0.3, 0.4) is 0 Å². The molecule has 0 bridgehead atoms. The lowest BCUT2D eigenvalue weighted by Gasteiger charge is -2.12. The smallest absolute Gasteiger partial charge is 0.339 e. The molecule has 32 heavy (non-hydrogen) atoms. The lowest BCUT2D eigenvalue weighted by atomic mass is 10.0. The average molecular weight is 429 g/mol. The zero-order valence-corrected chi connectivity index (χ0v) is 17.7. The van der Waals surface area contributed by atoms with Crippen LogP contribution in [0.4, 0.5) is 4.79 Å². The summed E-state index contributed by atoms with van der Waals surface area (Å²) >= 11 is 0. The van der Waals surface area contributed by atoms with Crippen molar-refractivity contribution in [3.63, 3.8) is 0 Å². The van der Waals surface area contributed by atoms with Gasteiger partial charge in [-0.05, 0) is 48.6 Å². The summed E-state index contributed by atoms with van der Waals surface area (Å²) in [6.45, 7) is 1.57. The number of hydrogen-bond acceptors (Lipinski definition) is 5. The van der Waals surface area contributed by atoms with E-state index in [0.717, 1.165) is 28.8 Å². The number of ether oxygens (including phenoxy) is 1. The number of rotatable bonds is 5. The molecule has 0 fully saturated rings. The molecule has 1 aromatic heterocycles. The van der Waals surface area contributed by atoms with E-state index < -0.39 is 24.5 Å². The van der Waals surface area contributed by atoms with E-state index in [2.05, 4.69) is 16.7 Å². The first-order chi connectivity index (χ1) is 15.6. The van der Waals surface area contributed by atoms with Crippen LogP contribution in [-0.2, 0) is 16.0 Å². The highest BCUT2D eigenvalue weighted by molar-refractivity contribution is 6.08. The van der Waals surface area contributed by atoms with Crippen molar-refractivity contribution >= 4 is 40.5 Å². The van der Waals surface area contributed by atoms with Crippen molar-refractivity contribution in [1.29, 1.82) is 0 Å². The summed E-state index contributed by atoms with van der Waals surface area (Å²) in [5.41, 5.74) is 4.83. The number of amides is 3. The molecular formula is C25H23N3O4. The molecule has 0 unspecified atom stereocenters. The Morgan fingerprint density at radius 1 is 1.03 bits per heavy atom. The number of para-hydroxylation sites is 1. The van der Waals surface area contributed by atoms with E-state index in [4.69, 9.17) is 9.72 Å². The third-order valence-corrected chi connectivity index (χ3v) is 5.21. The molecule has 1 aliphatic rings. The summed E-state index contributed by atoms with van der Waals surface area (Å²) in [6.07, 6.45) is 3.50. The molecule has 0 radical (unpaired) electrons. The number of carbonyl (C=O) groups excluding carboxylic acids is 3. The summed E-state index contributed by atoms with van der Waals surface area (Å²) in [5.74, 6) is -1.30. The van der Waals surface area contributed by atoms with Crippen LogP contribution < -0.4 is 10.6 Å². The van der Waals surface area contributed by atoms with E-state index >= 15 is 0 Å². The highest BCUT2D eigenvalue weighted by Gasteiger charge is 2.28. The first-order valence-electron chi connectivity index (χ1n) is 10.5. The van der Waals surface area contributed by atoms with Crippen LogP contribution in [0.2, 0.25) is 0 Å². The monoisotopic (exact) mass is 429 g/mol. The Hall–Kier alpha value is -4.00. The zero-order valence-electron chi connectivity index (χ0n) is 17.7. The number of urea groups is 1. The van der Waals surface area contributed by atoms with Crippen LogP contribution >= 0.6 is 0 Å². The largest absolute Gasteiger partial charge is 0.452 e. The van der Waals surface area contributed by atoms with E-state index in [9.17, 15) is 14.4 Å². The zero-order chi connectivity index (χ0) is 22.5. The summed E-state index contributed by atoms with van der Waals surface area (Å²) < 4.78 is 5.28. The van der Waals surface area contributed by atoms with Gasteiger partial charge < -0.3 is 10.1 Å². The molecule has 162 valence electrons. The number of nitrogens with one attached hydrogen (secondary N) is 2. The molecule has 1 aliphatic carbocycles. The number of aromatic nitrogens is 1. The van der Waals surface area contributed by atoms with Gasteiger partial charge in [0.1, 0.15) is 0 Å². The number of imide groups is 1. The lowest BCUT2D eigenvalue weighted by Crippen LogP contribution is -2.41. The van der Waals surface area contributed by atoms with Crippen molar-refractivity contribution in [3.05, 3.63) is 77.0 Å². The number of nitrogens with zero attached hydrogens (tertiary/aromatic N) is 1. The maximum atomic E-state index is 13.0. The van der Waals surface area contributed by atoms with Crippen LogP contribution in [0.1, 0.15) is 40.5 Å². The van der Waals surface area contributed by atoms with E-state index in [1.807, 2.05) is 54.6 Å². The maximum Gasteiger partial charge on any atom is 0.339 e. The normalized spacial score (nSPS) is 13.6. The molecule has 0 atom stereocenters. The fourth-order valence-corrected chi connectivity index (χ4v) is 3.83. The number of esters is 1. The predicted octanol–water partition coefficient (Wildman–Crippen LogP) is 3.72. The lowest BCUT2D eigenvalue weighted by molar-refractivity contribution is -0.123. The van der Waals surface area contributed by atoms with Gasteiger partial charge in [0.2, 0.25) is 0 Å². The predicted molar refractivity (Wildman–Crippen MR) is 122 cm³/mol. The second-order valence-corrected chi connectivity index (χ2v) is 7.40. The first kappa shape index (κ1) is 21.2. The second-order valence-electron chi connectivity index (χ2n) is 7.40. The van der Waals surface area contributed by atoms with Gasteiger partial charge in [-0.2, -0.15) is 0 Å². The Bertz CT molecular complexity index is 1220. The second kappa shape index (κ2) is 9.43. The van der Waals surface area contributed by atoms with Crippen LogP contribution in [0, 0.1) is 0 Å². The molecule has 0 spiro atoms. The van der Waals surface area contributed by atoms with Crippen molar-refractivity contribution in [3.8, 4) is 0 Å². The number of carbonyl (C=O) groups is 3. The van der Waals surface area contributed by atoms with Crippen LogP contribution in [0.25, 0.3) is 22.6 Å². The van der Waals surface area contributed by atoms with E-state index in [0.29, 0.717) is 29.4 Å². The summed E-state index contributed by atoms with van der Waals surface area (Å²) in [5, 5.41) is 5.26. The molecule has 3 aromatic rings. The van der Waals surface area contributed by atoms with Gasteiger partial charge in [-0.15, -0.1) is 0 Å². The molecule has 0 aliphatic heterocycles. The molecule has 0 saturated heterocycles. The number of fused-ring (bicyclic) bond motifs is 2. The molecule has 2 N–H and O–H groups in total. The number of benzene rings is 2. The summed E-state index contributed by atoms with van der Waals surface area (Å²) in [4.78, 5) is 41.3. The molecule has 7 heteroatoms. The van der Waals surface area contributed by atoms with Crippen LogP contribution in [0.5, 0.6) is 0 Å². The van der Waals surface area contributed by atoms with E-state index in [1.54, 1.807) is 6.92 Å². The number of hydrogen-bond donors (Lipinski definition) is 2. The van der Waals surface area contributed by atoms with Crippen LogP contribution in [0.15, 0.2) is 54.6 Å². The Morgan fingerprint density at radius 3 is 2.56 bits per heavy atom. The molecule has 4 rings (SSSR count). The Balaban J connectivity index is 1.65. The van der Waals surface area contributed by atoms with Gasteiger partial charge in [0.05, 0.1) is 16.8 Å². The minimum absolute atomic E-state index is 0.382. The highest BCUT2D eigenvalue weighted by atomic mass is 16.5.